The Morgan fingerprint density at radius 3 is 2.23 bits per heavy atom. The molecule has 13 rings (SSSR count). The molecule has 0 amide bonds. The van der Waals surface area contributed by atoms with Crippen LogP contribution in [0.2, 0.25) is 0 Å². The smallest absolute Gasteiger partial charge is 0.329 e. The molecule has 6 aromatic rings. The lowest BCUT2D eigenvalue weighted by Gasteiger charge is -2.66. The van der Waals surface area contributed by atoms with E-state index in [0.29, 0.717) is 0 Å². The first kappa shape index (κ1) is 37.1. The number of hydrogen-bond donors (Lipinski definition) is 0. The van der Waals surface area contributed by atoms with Gasteiger partial charge in [0.1, 0.15) is 0 Å². The fraction of sp³-hybridized carbons (Fsp3) is 0.276. The second-order valence-electron chi connectivity index (χ2n) is 20.3. The summed E-state index contributed by atoms with van der Waals surface area (Å²) in [5.74, 6) is 0.287. The van der Waals surface area contributed by atoms with Crippen LogP contribution in [-0.4, -0.2) is 17.1 Å². The van der Waals surface area contributed by atoms with E-state index in [1.165, 1.54) is 107 Å². The van der Waals surface area contributed by atoms with Gasteiger partial charge in [0.2, 0.25) is 0 Å². The van der Waals surface area contributed by atoms with Crippen LogP contribution in [0.15, 0.2) is 155 Å². The van der Waals surface area contributed by atoms with Crippen molar-refractivity contribution in [3.63, 3.8) is 0 Å². The van der Waals surface area contributed by atoms with Gasteiger partial charge in [-0.15, -0.1) is 11.8 Å². The topological polar surface area (TPSA) is 6.48 Å². The van der Waals surface area contributed by atoms with Crippen molar-refractivity contribution in [3.8, 4) is 22.3 Å². The molecule has 4 atom stereocenters. The maximum atomic E-state index is 2.90. The zero-order chi connectivity index (χ0) is 42.2. The average molecular weight is 821 g/mol. The molecule has 4 aliphatic heterocycles. The third-order valence-corrected chi connectivity index (χ3v) is 17.9. The number of rotatable bonds is 4. The van der Waals surface area contributed by atoms with Gasteiger partial charge in [0.25, 0.3) is 0 Å². The maximum Gasteiger partial charge on any atom is 0.329 e. The quantitative estimate of drug-likeness (QED) is 0.129. The summed E-state index contributed by atoms with van der Waals surface area (Å²) in [6, 6.07) is 47.7. The van der Waals surface area contributed by atoms with Crippen molar-refractivity contribution in [2.45, 2.75) is 101 Å². The van der Waals surface area contributed by atoms with Crippen molar-refractivity contribution in [2.75, 3.05) is 9.71 Å². The Bertz CT molecular complexity index is 3110. The zero-order valence-corrected chi connectivity index (χ0v) is 38.1. The largest absolute Gasteiger partial charge is 0.377 e. The van der Waals surface area contributed by atoms with E-state index < -0.39 is 5.54 Å². The number of aryl methyl sites for hydroxylation is 2. The Kier molecular flexibility index (Phi) is 7.29. The molecule has 2 nitrogen and oxygen atoms in total. The summed E-state index contributed by atoms with van der Waals surface area (Å²) in [7, 11) is 0. The molecular formula is C58H53BN2S. The summed E-state index contributed by atoms with van der Waals surface area (Å²) >= 11 is 2.11. The maximum absolute atomic E-state index is 2.90. The van der Waals surface area contributed by atoms with Crippen LogP contribution in [0.25, 0.3) is 27.8 Å². The van der Waals surface area contributed by atoms with E-state index >= 15 is 0 Å². The van der Waals surface area contributed by atoms with Crippen molar-refractivity contribution >= 4 is 52.4 Å². The second-order valence-corrected chi connectivity index (χ2v) is 21.8. The Balaban J connectivity index is 1.27. The van der Waals surface area contributed by atoms with Crippen LogP contribution < -0.4 is 15.2 Å². The molecule has 0 radical (unpaired) electrons. The number of para-hydroxylation sites is 1. The first-order valence-corrected chi connectivity index (χ1v) is 23.9. The monoisotopic (exact) mass is 820 g/mol. The highest BCUT2D eigenvalue weighted by Crippen LogP contribution is 2.73. The normalized spacial score (nSPS) is 25.7. The molecule has 0 saturated heterocycles. The molecule has 0 bridgehead atoms. The third kappa shape index (κ3) is 4.26. The summed E-state index contributed by atoms with van der Waals surface area (Å²) in [4.78, 5) is 7.07. The van der Waals surface area contributed by atoms with Crippen molar-refractivity contribution in [2.24, 2.45) is 5.92 Å². The molecule has 304 valence electrons. The summed E-state index contributed by atoms with van der Waals surface area (Å²) in [5.41, 5.74) is 26.0. The van der Waals surface area contributed by atoms with Crippen LogP contribution in [0.3, 0.4) is 0 Å². The van der Waals surface area contributed by atoms with E-state index in [2.05, 4.69) is 210 Å². The van der Waals surface area contributed by atoms with Crippen LogP contribution in [0.4, 0.5) is 22.7 Å². The van der Waals surface area contributed by atoms with Gasteiger partial charge in [0.15, 0.2) is 0 Å². The average Bonchev–Trinajstić information content (AvgIpc) is 3.70. The predicted molar refractivity (Wildman–Crippen MR) is 264 cm³/mol. The summed E-state index contributed by atoms with van der Waals surface area (Å²) in [5, 5.41) is 0. The second kappa shape index (κ2) is 12.2. The number of allylic oxidation sites excluding steroid dienone is 2. The summed E-state index contributed by atoms with van der Waals surface area (Å²) in [6.07, 6.45) is 8.68. The first-order chi connectivity index (χ1) is 29.9. The number of fused-ring (bicyclic) bond motifs is 15. The van der Waals surface area contributed by atoms with Gasteiger partial charge in [-0.2, -0.15) is 0 Å². The van der Waals surface area contributed by atoms with Crippen molar-refractivity contribution in [3.05, 3.63) is 183 Å². The van der Waals surface area contributed by atoms with Crippen LogP contribution in [0.1, 0.15) is 94.7 Å². The minimum absolute atomic E-state index is 0.0605. The van der Waals surface area contributed by atoms with E-state index in [9.17, 15) is 0 Å². The Labute approximate surface area is 372 Å². The van der Waals surface area contributed by atoms with Gasteiger partial charge in [-0.05, 0) is 155 Å². The van der Waals surface area contributed by atoms with Crippen LogP contribution in [-0.2, 0) is 17.3 Å². The highest BCUT2D eigenvalue weighted by atomic mass is 32.2. The number of benzene rings is 6. The van der Waals surface area contributed by atoms with Crippen molar-refractivity contribution in [1.82, 2.24) is 0 Å². The molecule has 0 fully saturated rings. The fourth-order valence-corrected chi connectivity index (χ4v) is 15.6. The highest BCUT2D eigenvalue weighted by molar-refractivity contribution is 8.01. The standard InChI is InChI=1S/C58H53BN2S/c1-9-10-17-36-26-29-45-43(32-36)56(6)31-30-35(3)49-53(56)57(7)54(51-40-20-13-16-23-47(40)62-58(49,51)8)59-52-46(60(45)57)33-41-38-18-11-14-21-42(38)55(4,5)50(41)48(52)39-19-12-15-22-44(39)61(59)37-27-24-34(2)25-28-37/h11-16,18-33,35H,9-10,17H2,1-8H3. The fourth-order valence-electron chi connectivity index (χ4n) is 14.0. The van der Waals surface area contributed by atoms with Gasteiger partial charge in [-0.3, -0.25) is 0 Å². The number of anilines is 4. The Hall–Kier alpha value is -5.45. The lowest BCUT2D eigenvalue weighted by atomic mass is 9.33. The first-order valence-electron chi connectivity index (χ1n) is 23.1. The van der Waals surface area contributed by atoms with Gasteiger partial charge in [-0.1, -0.05) is 137 Å². The lowest BCUT2D eigenvalue weighted by molar-refractivity contribution is 0.461. The molecule has 4 heterocycles. The lowest BCUT2D eigenvalue weighted by Crippen LogP contribution is -2.71. The molecule has 7 aliphatic rings. The molecule has 0 spiro atoms. The van der Waals surface area contributed by atoms with E-state index in [-0.39, 0.29) is 28.3 Å². The van der Waals surface area contributed by atoms with E-state index in [1.54, 1.807) is 16.6 Å². The van der Waals surface area contributed by atoms with Gasteiger partial charge >= 0.3 is 6.85 Å². The molecule has 4 heteroatoms. The molecule has 0 N–H and O–H groups in total. The number of unbranched alkanes of at least 4 members (excludes halogenated alkanes) is 1. The molecule has 3 aliphatic carbocycles. The van der Waals surface area contributed by atoms with E-state index in [0.717, 1.165) is 6.42 Å². The summed E-state index contributed by atoms with van der Waals surface area (Å²) in [6.45, 7) is 19.7. The van der Waals surface area contributed by atoms with Gasteiger partial charge in [0, 0.05) is 44.0 Å². The zero-order valence-electron chi connectivity index (χ0n) is 37.3. The number of thioether (sulfide) groups is 1. The minimum atomic E-state index is -0.486. The van der Waals surface area contributed by atoms with Crippen molar-refractivity contribution in [1.29, 1.82) is 0 Å². The number of nitrogens with zero attached hydrogens (tertiary/aromatic N) is 2. The predicted octanol–water partition coefficient (Wildman–Crippen LogP) is 14.2. The Morgan fingerprint density at radius 2 is 1.44 bits per heavy atom. The molecule has 6 aromatic carbocycles. The number of hydrogen-bond acceptors (Lipinski definition) is 3. The molecular weight excluding hydrogens is 768 g/mol. The van der Waals surface area contributed by atoms with Gasteiger partial charge < -0.3 is 9.71 Å². The molecule has 62 heavy (non-hydrogen) atoms. The highest BCUT2D eigenvalue weighted by Gasteiger charge is 2.68. The SMILES string of the molecule is CCCCc1ccc2c(c1)C1(C)C=CC(C)C3=C1C1(C)C(=C4c5ccccc5SC43C)B3c4c(cc5c(c4-c4ccccc4N3c3ccc(C)cc3)C(C)(C)c3ccccc3-5)N21. The van der Waals surface area contributed by atoms with E-state index in [4.69, 9.17) is 0 Å². The van der Waals surface area contributed by atoms with Crippen LogP contribution in [0, 0.1) is 12.8 Å². The van der Waals surface area contributed by atoms with Gasteiger partial charge in [-0.25, -0.2) is 0 Å². The molecule has 0 saturated carbocycles. The van der Waals surface area contributed by atoms with Gasteiger partial charge in [0.05, 0.1) is 10.3 Å². The Morgan fingerprint density at radius 1 is 0.710 bits per heavy atom. The minimum Gasteiger partial charge on any atom is -0.377 e. The molecule has 0 aromatic heterocycles. The summed E-state index contributed by atoms with van der Waals surface area (Å²) < 4.78 is -0.262. The molecule has 4 unspecified atom stereocenters. The van der Waals surface area contributed by atoms with Crippen LogP contribution >= 0.6 is 11.8 Å². The van der Waals surface area contributed by atoms with E-state index in [1.807, 2.05) is 0 Å². The van der Waals surface area contributed by atoms with Crippen molar-refractivity contribution < 1.29 is 0 Å². The van der Waals surface area contributed by atoms with Crippen LogP contribution in [0.5, 0.6) is 0 Å². The third-order valence-electron chi connectivity index (χ3n) is 16.5.